The van der Waals surface area contributed by atoms with E-state index in [-0.39, 0.29) is 19.6 Å². The van der Waals surface area contributed by atoms with Gasteiger partial charge in [0.05, 0.1) is 6.20 Å². The van der Waals surface area contributed by atoms with Crippen molar-refractivity contribution in [1.29, 1.82) is 0 Å². The van der Waals surface area contributed by atoms with Gasteiger partial charge in [-0.2, -0.15) is 13.5 Å². The van der Waals surface area contributed by atoms with Crippen LogP contribution in [0.5, 0.6) is 5.75 Å². The van der Waals surface area contributed by atoms with Crippen molar-refractivity contribution in [3.8, 4) is 5.75 Å². The summed E-state index contributed by atoms with van der Waals surface area (Å²) < 4.78 is 6.28. The van der Waals surface area contributed by atoms with Gasteiger partial charge in [-0.15, -0.1) is 11.3 Å². The summed E-state index contributed by atoms with van der Waals surface area (Å²) in [6.45, 7) is 0.917. The van der Waals surface area contributed by atoms with Gasteiger partial charge < -0.3 is 10.1 Å². The van der Waals surface area contributed by atoms with Gasteiger partial charge in [-0.25, -0.2) is 0 Å². The smallest absolute Gasteiger partial charge is 0.146 e. The summed E-state index contributed by atoms with van der Waals surface area (Å²) in [6.07, 6.45) is 4.67. The number of hydrogen-bond donors (Lipinski definition) is 1. The molecular formula is C17H20N2OS2. The molecule has 3 rings (SSSR count). The summed E-state index contributed by atoms with van der Waals surface area (Å²) in [7, 11) is 1.96. The third kappa shape index (κ3) is 3.80. The molecule has 2 heterocycles. The highest BCUT2D eigenvalue weighted by atomic mass is 32.1. The lowest BCUT2D eigenvalue weighted by molar-refractivity contribution is 0.200. The average molecular weight is 332 g/mol. The second-order valence-corrected chi connectivity index (χ2v) is 5.85. The molecule has 0 amide bonds. The highest BCUT2D eigenvalue weighted by Crippen LogP contribution is 2.31. The maximum absolute atomic E-state index is 6.28. The maximum Gasteiger partial charge on any atom is 0.146 e. The molecule has 0 saturated heterocycles. The molecule has 3 aromatic rings. The van der Waals surface area contributed by atoms with Crippen LogP contribution in [-0.4, -0.2) is 18.6 Å². The zero-order chi connectivity index (χ0) is 14.5. The number of nitrogens with zero attached hydrogens (tertiary/aromatic N) is 1. The summed E-state index contributed by atoms with van der Waals surface area (Å²) in [4.78, 5) is 5.54. The van der Waals surface area contributed by atoms with E-state index < -0.39 is 0 Å². The Labute approximate surface area is 141 Å². The third-order valence-electron chi connectivity index (χ3n) is 3.42. The molecule has 1 N–H and O–H groups in total. The molecule has 116 valence electrons. The fraction of sp³-hybridized carbons (Fsp3) is 0.235. The third-order valence-corrected chi connectivity index (χ3v) is 4.38. The van der Waals surface area contributed by atoms with Gasteiger partial charge in [0.2, 0.25) is 0 Å². The number of aromatic nitrogens is 1. The first-order chi connectivity index (χ1) is 10.4. The van der Waals surface area contributed by atoms with Gasteiger partial charge in [-0.1, -0.05) is 30.3 Å². The van der Waals surface area contributed by atoms with E-state index in [1.165, 1.54) is 4.88 Å². The quantitative estimate of drug-likeness (QED) is 0.737. The molecule has 0 saturated carbocycles. The number of hydrogen-bond acceptors (Lipinski definition) is 4. The van der Waals surface area contributed by atoms with Gasteiger partial charge in [0.1, 0.15) is 11.9 Å². The molecule has 22 heavy (non-hydrogen) atoms. The Morgan fingerprint density at radius 1 is 1.18 bits per heavy atom. The molecule has 0 aliphatic heterocycles. The van der Waals surface area contributed by atoms with Crippen molar-refractivity contribution < 1.29 is 4.74 Å². The summed E-state index contributed by atoms with van der Waals surface area (Å²) in [6, 6.07) is 12.4. The van der Waals surface area contributed by atoms with Crippen molar-refractivity contribution in [3.05, 3.63) is 59.0 Å². The Morgan fingerprint density at radius 2 is 2.05 bits per heavy atom. The Hall–Kier alpha value is -1.56. The van der Waals surface area contributed by atoms with E-state index in [9.17, 15) is 0 Å². The van der Waals surface area contributed by atoms with Crippen molar-refractivity contribution in [2.45, 2.75) is 12.5 Å². The van der Waals surface area contributed by atoms with Crippen LogP contribution in [0.25, 0.3) is 10.8 Å². The number of thiophene rings is 1. The van der Waals surface area contributed by atoms with Crippen LogP contribution in [0, 0.1) is 0 Å². The van der Waals surface area contributed by atoms with E-state index in [0.717, 1.165) is 29.5 Å². The zero-order valence-electron chi connectivity index (χ0n) is 12.5. The van der Waals surface area contributed by atoms with Crippen LogP contribution < -0.4 is 10.1 Å². The van der Waals surface area contributed by atoms with Crippen LogP contribution in [0.3, 0.4) is 0 Å². The van der Waals surface area contributed by atoms with Crippen LogP contribution in [0.4, 0.5) is 0 Å². The van der Waals surface area contributed by atoms with E-state index in [2.05, 4.69) is 39.9 Å². The van der Waals surface area contributed by atoms with Crippen LogP contribution in [0.2, 0.25) is 0 Å². The van der Waals surface area contributed by atoms with Crippen molar-refractivity contribution in [2.75, 3.05) is 13.6 Å². The Morgan fingerprint density at radius 3 is 2.82 bits per heavy atom. The molecular weight excluding hydrogens is 312 g/mol. The van der Waals surface area contributed by atoms with Crippen molar-refractivity contribution in [1.82, 2.24) is 10.3 Å². The standard InChI is InChI=1S/C17H18N2OS.H2S/c1-18-9-8-15(17-7-4-10-21-17)20-16-12-19-11-13-5-2-3-6-14(13)16;/h2-7,10-12,15,18H,8-9H2,1H3;1H2/t15-;/m0./s1. The minimum absolute atomic E-state index is 0. The molecule has 0 fully saturated rings. The highest BCUT2D eigenvalue weighted by molar-refractivity contribution is 7.59. The Balaban J connectivity index is 0.00000176. The first kappa shape index (κ1) is 16.8. The minimum Gasteiger partial charge on any atom is -0.483 e. The number of pyridine rings is 1. The molecule has 1 atom stereocenters. The van der Waals surface area contributed by atoms with E-state index in [4.69, 9.17) is 4.74 Å². The fourth-order valence-electron chi connectivity index (χ4n) is 2.35. The van der Waals surface area contributed by atoms with Crippen LogP contribution in [0.15, 0.2) is 54.2 Å². The van der Waals surface area contributed by atoms with Crippen LogP contribution in [-0.2, 0) is 0 Å². The topological polar surface area (TPSA) is 34.1 Å². The number of ether oxygens (including phenoxy) is 1. The Kier molecular flexibility index (Phi) is 6.24. The lowest BCUT2D eigenvalue weighted by atomic mass is 10.1. The van der Waals surface area contributed by atoms with E-state index in [1.807, 2.05) is 31.6 Å². The van der Waals surface area contributed by atoms with Gasteiger partial charge in [-0.05, 0) is 25.0 Å². The first-order valence-corrected chi connectivity index (χ1v) is 7.94. The number of rotatable bonds is 6. The monoisotopic (exact) mass is 332 g/mol. The minimum atomic E-state index is 0. The van der Waals surface area contributed by atoms with Gasteiger partial charge in [-0.3, -0.25) is 4.98 Å². The molecule has 0 unspecified atom stereocenters. The lowest BCUT2D eigenvalue weighted by Gasteiger charge is -2.19. The highest BCUT2D eigenvalue weighted by Gasteiger charge is 2.15. The fourth-order valence-corrected chi connectivity index (χ4v) is 3.13. The second kappa shape index (κ2) is 8.17. The van der Waals surface area contributed by atoms with Crippen LogP contribution >= 0.6 is 24.8 Å². The molecule has 1 aromatic carbocycles. The number of fused-ring (bicyclic) bond motifs is 1. The molecule has 5 heteroatoms. The van der Waals surface area contributed by atoms with Gasteiger partial charge in [0.25, 0.3) is 0 Å². The summed E-state index contributed by atoms with van der Waals surface area (Å²) in [5, 5.41) is 7.50. The normalized spacial score (nSPS) is 11.9. The molecule has 2 aromatic heterocycles. The zero-order valence-corrected chi connectivity index (χ0v) is 14.3. The molecule has 0 spiro atoms. The molecule has 3 nitrogen and oxygen atoms in total. The largest absolute Gasteiger partial charge is 0.483 e. The van der Waals surface area contributed by atoms with Crippen molar-refractivity contribution in [2.24, 2.45) is 0 Å². The average Bonchev–Trinajstić information content (AvgIpc) is 3.06. The van der Waals surface area contributed by atoms with E-state index in [0.29, 0.717) is 0 Å². The molecule has 0 bridgehead atoms. The number of benzene rings is 1. The van der Waals surface area contributed by atoms with E-state index in [1.54, 1.807) is 11.3 Å². The summed E-state index contributed by atoms with van der Waals surface area (Å²) in [5.74, 6) is 0.850. The predicted octanol–water partition coefficient (Wildman–Crippen LogP) is 4.14. The molecule has 0 radical (unpaired) electrons. The van der Waals surface area contributed by atoms with Gasteiger partial charge >= 0.3 is 0 Å². The van der Waals surface area contributed by atoms with Crippen molar-refractivity contribution >= 4 is 35.6 Å². The Bertz CT molecular complexity index is 695. The maximum atomic E-state index is 6.28. The van der Waals surface area contributed by atoms with Gasteiger partial charge in [0.15, 0.2) is 0 Å². The molecule has 0 aliphatic carbocycles. The van der Waals surface area contributed by atoms with Gasteiger partial charge in [0, 0.05) is 28.3 Å². The van der Waals surface area contributed by atoms with E-state index >= 15 is 0 Å². The van der Waals surface area contributed by atoms with Crippen molar-refractivity contribution in [3.63, 3.8) is 0 Å². The predicted molar refractivity (Wildman–Crippen MR) is 98.4 cm³/mol. The van der Waals surface area contributed by atoms with Crippen LogP contribution in [0.1, 0.15) is 17.4 Å². The summed E-state index contributed by atoms with van der Waals surface area (Å²) in [5.41, 5.74) is 0. The number of nitrogens with one attached hydrogen (secondary N) is 1. The lowest BCUT2D eigenvalue weighted by Crippen LogP contribution is -2.15. The SMILES string of the molecule is CNCC[C@H](Oc1cncc2ccccc12)c1cccs1.S. The molecule has 0 aliphatic rings. The first-order valence-electron chi connectivity index (χ1n) is 7.06. The summed E-state index contributed by atoms with van der Waals surface area (Å²) >= 11 is 1.73. The second-order valence-electron chi connectivity index (χ2n) is 4.87.